The maximum atomic E-state index is 4.36. The average molecular weight is 173 g/mol. The van der Waals surface area contributed by atoms with Crippen LogP contribution < -0.4 is 0 Å². The number of imidazole rings is 1. The fourth-order valence-electron chi connectivity index (χ4n) is 1.22. The molecule has 0 aliphatic heterocycles. The van der Waals surface area contributed by atoms with Gasteiger partial charge in [0, 0.05) is 17.6 Å². The molecule has 0 amide bonds. The summed E-state index contributed by atoms with van der Waals surface area (Å²) < 4.78 is 0. The van der Waals surface area contributed by atoms with Gasteiger partial charge < -0.3 is 4.98 Å². The van der Waals surface area contributed by atoms with Gasteiger partial charge in [0.15, 0.2) is 5.82 Å². The van der Waals surface area contributed by atoms with Crippen molar-refractivity contribution in [1.82, 2.24) is 15.0 Å². The van der Waals surface area contributed by atoms with E-state index in [-0.39, 0.29) is 0 Å². The highest BCUT2D eigenvalue weighted by Crippen LogP contribution is 2.12. The van der Waals surface area contributed by atoms with E-state index in [4.69, 9.17) is 0 Å². The minimum Gasteiger partial charge on any atom is -0.341 e. The molecule has 2 aromatic rings. The molecule has 0 radical (unpaired) electrons. The molecule has 0 saturated heterocycles. The quantitative estimate of drug-likeness (QED) is 0.717. The van der Waals surface area contributed by atoms with Crippen LogP contribution >= 0.6 is 0 Å². The number of hydrogen-bond donors (Lipinski definition) is 1. The predicted molar refractivity (Wildman–Crippen MR) is 51.3 cm³/mol. The van der Waals surface area contributed by atoms with Crippen LogP contribution in [0.5, 0.6) is 0 Å². The molecule has 0 aromatic carbocycles. The summed E-state index contributed by atoms with van der Waals surface area (Å²) in [6, 6.07) is 5.90. The highest BCUT2D eigenvalue weighted by atomic mass is 14.9. The lowest BCUT2D eigenvalue weighted by atomic mass is 10.3. The van der Waals surface area contributed by atoms with Gasteiger partial charge in [-0.3, -0.25) is 0 Å². The van der Waals surface area contributed by atoms with E-state index < -0.39 is 0 Å². The first-order valence-corrected chi connectivity index (χ1v) is 4.21. The van der Waals surface area contributed by atoms with Crippen molar-refractivity contribution in [2.75, 3.05) is 0 Å². The first kappa shape index (κ1) is 7.98. The third kappa shape index (κ3) is 1.59. The lowest BCUT2D eigenvalue weighted by molar-refractivity contribution is 1.15. The first-order valence-electron chi connectivity index (χ1n) is 4.21. The molecule has 0 unspecified atom stereocenters. The number of hydrogen-bond acceptors (Lipinski definition) is 2. The summed E-state index contributed by atoms with van der Waals surface area (Å²) in [6.45, 7) is 3.95. The van der Waals surface area contributed by atoms with Gasteiger partial charge in [-0.05, 0) is 26.0 Å². The van der Waals surface area contributed by atoms with Crippen molar-refractivity contribution in [2.45, 2.75) is 13.8 Å². The number of aromatic amines is 1. The maximum absolute atomic E-state index is 4.36. The summed E-state index contributed by atoms with van der Waals surface area (Å²) in [7, 11) is 0. The molecule has 0 aliphatic carbocycles. The Balaban J connectivity index is 2.46. The topological polar surface area (TPSA) is 41.6 Å². The molecule has 2 rings (SSSR count). The lowest BCUT2D eigenvalue weighted by Gasteiger charge is -1.96. The monoisotopic (exact) mass is 173 g/mol. The molecule has 13 heavy (non-hydrogen) atoms. The van der Waals surface area contributed by atoms with Crippen LogP contribution in [0.15, 0.2) is 24.4 Å². The van der Waals surface area contributed by atoms with Crippen LogP contribution in [0.4, 0.5) is 0 Å². The van der Waals surface area contributed by atoms with Gasteiger partial charge in [0.05, 0.1) is 0 Å². The molecule has 0 saturated carbocycles. The van der Waals surface area contributed by atoms with Crippen LogP contribution in [-0.2, 0) is 0 Å². The number of pyridine rings is 1. The van der Waals surface area contributed by atoms with Gasteiger partial charge in [-0.1, -0.05) is 6.07 Å². The second-order valence-corrected chi connectivity index (χ2v) is 3.08. The van der Waals surface area contributed by atoms with E-state index >= 15 is 0 Å². The Labute approximate surface area is 76.9 Å². The fourth-order valence-corrected chi connectivity index (χ4v) is 1.22. The van der Waals surface area contributed by atoms with E-state index in [1.54, 1.807) is 6.20 Å². The Kier molecular flexibility index (Phi) is 1.85. The van der Waals surface area contributed by atoms with Crippen molar-refractivity contribution in [1.29, 1.82) is 0 Å². The molecule has 1 N–H and O–H groups in total. The zero-order chi connectivity index (χ0) is 9.26. The minimum atomic E-state index is 0.834. The second kappa shape index (κ2) is 3.01. The second-order valence-electron chi connectivity index (χ2n) is 3.08. The predicted octanol–water partition coefficient (Wildman–Crippen LogP) is 2.09. The normalized spacial score (nSPS) is 10.3. The van der Waals surface area contributed by atoms with E-state index in [0.29, 0.717) is 0 Å². The van der Waals surface area contributed by atoms with Gasteiger partial charge in [0.1, 0.15) is 5.69 Å². The van der Waals surface area contributed by atoms with Crippen LogP contribution in [0.2, 0.25) is 0 Å². The Bertz CT molecular complexity index is 418. The van der Waals surface area contributed by atoms with Gasteiger partial charge in [-0.2, -0.15) is 0 Å². The molecule has 66 valence electrons. The smallest absolute Gasteiger partial charge is 0.156 e. The minimum absolute atomic E-state index is 0.834. The van der Waals surface area contributed by atoms with Gasteiger partial charge >= 0.3 is 0 Å². The number of H-pyrrole nitrogens is 1. The van der Waals surface area contributed by atoms with Crippen molar-refractivity contribution < 1.29 is 0 Å². The molecule has 3 heteroatoms. The largest absolute Gasteiger partial charge is 0.341 e. The van der Waals surface area contributed by atoms with Crippen molar-refractivity contribution in [3.63, 3.8) is 0 Å². The van der Waals surface area contributed by atoms with E-state index in [1.807, 2.05) is 32.0 Å². The van der Waals surface area contributed by atoms with E-state index in [0.717, 1.165) is 22.9 Å². The first-order chi connectivity index (χ1) is 6.25. The van der Waals surface area contributed by atoms with E-state index in [2.05, 4.69) is 15.0 Å². The average Bonchev–Trinajstić information content (AvgIpc) is 2.52. The standard InChI is InChI=1S/C10H11N3/c1-7-4-3-5-9(12-7)10-11-6-8(2)13-10/h3-6H,1-2H3,(H,11,13). The Morgan fingerprint density at radius 3 is 2.69 bits per heavy atom. The van der Waals surface area contributed by atoms with Gasteiger partial charge in [0.25, 0.3) is 0 Å². The molecular formula is C10H11N3. The maximum Gasteiger partial charge on any atom is 0.156 e. The molecule has 0 spiro atoms. The molecule has 3 nitrogen and oxygen atoms in total. The fraction of sp³-hybridized carbons (Fsp3) is 0.200. The number of nitrogens with zero attached hydrogens (tertiary/aromatic N) is 2. The van der Waals surface area contributed by atoms with Crippen LogP contribution in [0, 0.1) is 13.8 Å². The molecule has 0 aliphatic rings. The van der Waals surface area contributed by atoms with Gasteiger partial charge in [-0.25, -0.2) is 9.97 Å². The summed E-state index contributed by atoms with van der Waals surface area (Å²) in [4.78, 5) is 11.7. The summed E-state index contributed by atoms with van der Waals surface area (Å²) >= 11 is 0. The Morgan fingerprint density at radius 2 is 2.08 bits per heavy atom. The van der Waals surface area contributed by atoms with Crippen molar-refractivity contribution >= 4 is 0 Å². The summed E-state index contributed by atoms with van der Waals surface area (Å²) in [5.74, 6) is 0.834. The molecular weight excluding hydrogens is 162 g/mol. The summed E-state index contributed by atoms with van der Waals surface area (Å²) in [5, 5.41) is 0. The van der Waals surface area contributed by atoms with Crippen molar-refractivity contribution in [3.8, 4) is 11.5 Å². The van der Waals surface area contributed by atoms with Crippen LogP contribution in [0.1, 0.15) is 11.4 Å². The van der Waals surface area contributed by atoms with Gasteiger partial charge in [0.2, 0.25) is 0 Å². The van der Waals surface area contributed by atoms with Crippen LogP contribution in [-0.4, -0.2) is 15.0 Å². The van der Waals surface area contributed by atoms with Crippen molar-refractivity contribution in [3.05, 3.63) is 35.8 Å². The lowest BCUT2D eigenvalue weighted by Crippen LogP contribution is -1.87. The van der Waals surface area contributed by atoms with Gasteiger partial charge in [-0.15, -0.1) is 0 Å². The Morgan fingerprint density at radius 1 is 1.23 bits per heavy atom. The number of aryl methyl sites for hydroxylation is 2. The molecule has 0 bridgehead atoms. The molecule has 2 aromatic heterocycles. The number of aromatic nitrogens is 3. The highest BCUT2D eigenvalue weighted by molar-refractivity contribution is 5.49. The molecule has 0 atom stereocenters. The molecule has 0 fully saturated rings. The summed E-state index contributed by atoms with van der Waals surface area (Å²) in [5.41, 5.74) is 2.96. The zero-order valence-electron chi connectivity index (χ0n) is 7.70. The highest BCUT2D eigenvalue weighted by Gasteiger charge is 2.01. The SMILES string of the molecule is Cc1cccc(-c2ncc(C)[nH]2)n1. The number of rotatable bonds is 1. The Hall–Kier alpha value is -1.64. The van der Waals surface area contributed by atoms with Crippen LogP contribution in [0.25, 0.3) is 11.5 Å². The van der Waals surface area contributed by atoms with E-state index in [1.165, 1.54) is 0 Å². The summed E-state index contributed by atoms with van der Waals surface area (Å²) in [6.07, 6.45) is 1.80. The third-order valence-electron chi connectivity index (χ3n) is 1.83. The van der Waals surface area contributed by atoms with Crippen molar-refractivity contribution in [2.24, 2.45) is 0 Å². The number of nitrogens with one attached hydrogen (secondary N) is 1. The molecule has 2 heterocycles. The van der Waals surface area contributed by atoms with E-state index in [9.17, 15) is 0 Å². The van der Waals surface area contributed by atoms with Crippen LogP contribution in [0.3, 0.4) is 0 Å². The zero-order valence-corrected chi connectivity index (χ0v) is 7.70. The third-order valence-corrected chi connectivity index (χ3v) is 1.83.